The van der Waals surface area contributed by atoms with Crippen molar-refractivity contribution in [2.75, 3.05) is 36.8 Å². The first-order valence-corrected chi connectivity index (χ1v) is 7.11. The smallest absolute Gasteiger partial charge is 0.227 e. The van der Waals surface area contributed by atoms with Crippen molar-refractivity contribution in [3.63, 3.8) is 0 Å². The summed E-state index contributed by atoms with van der Waals surface area (Å²) in [6.07, 6.45) is 3.31. The van der Waals surface area contributed by atoms with E-state index in [9.17, 15) is 8.42 Å². The molecule has 0 radical (unpaired) electrons. The Morgan fingerprint density at radius 2 is 1.83 bits per heavy atom. The predicted octanol–water partition coefficient (Wildman–Crippen LogP) is -0.548. The lowest BCUT2D eigenvalue weighted by atomic mass is 10.4. The quantitative estimate of drug-likeness (QED) is 0.730. The monoisotopic (exact) mass is 267 g/mol. The number of nitrogens with zero attached hydrogens (tertiary/aromatic N) is 5. The molecule has 96 valence electrons. The van der Waals surface area contributed by atoms with Gasteiger partial charge in [0.25, 0.3) is 0 Å². The van der Waals surface area contributed by atoms with Gasteiger partial charge in [0.1, 0.15) is 0 Å². The van der Waals surface area contributed by atoms with Crippen molar-refractivity contribution in [2.24, 2.45) is 0 Å². The van der Waals surface area contributed by atoms with Crippen LogP contribution in [0.3, 0.4) is 0 Å². The molecular formula is C10H13N5O2S. The van der Waals surface area contributed by atoms with Gasteiger partial charge in [-0.2, -0.15) is 9.57 Å². The lowest BCUT2D eigenvalue weighted by Gasteiger charge is -2.33. The molecule has 1 aromatic heterocycles. The summed E-state index contributed by atoms with van der Waals surface area (Å²) in [7, 11) is -3.43. The zero-order chi connectivity index (χ0) is 13.0. The maximum Gasteiger partial charge on any atom is 0.227 e. The Bertz CT molecular complexity index is 531. The number of nitriles is 1. The van der Waals surface area contributed by atoms with Crippen molar-refractivity contribution in [3.05, 3.63) is 18.5 Å². The Hall–Kier alpha value is -1.72. The molecule has 0 amide bonds. The summed E-state index contributed by atoms with van der Waals surface area (Å²) in [4.78, 5) is 10.2. The van der Waals surface area contributed by atoms with E-state index < -0.39 is 15.8 Å². The Balaban J connectivity index is 1.99. The average Bonchev–Trinajstić information content (AvgIpc) is 2.40. The SMILES string of the molecule is N#CCS(=O)(=O)N1CCN(c2ncccn2)CC1. The highest BCUT2D eigenvalue weighted by molar-refractivity contribution is 7.89. The summed E-state index contributed by atoms with van der Waals surface area (Å²) in [5, 5.41) is 8.48. The van der Waals surface area contributed by atoms with Gasteiger partial charge in [0.2, 0.25) is 16.0 Å². The molecule has 7 nitrogen and oxygen atoms in total. The standard InChI is InChI=1S/C10H13N5O2S/c11-2-9-18(16,17)15-7-5-14(6-8-15)10-12-3-1-4-13-10/h1,3-4H,5-9H2. The number of anilines is 1. The third-order valence-corrected chi connectivity index (χ3v) is 4.36. The molecule has 1 fully saturated rings. The van der Waals surface area contributed by atoms with E-state index in [4.69, 9.17) is 5.26 Å². The maximum absolute atomic E-state index is 11.7. The normalized spacial score (nSPS) is 17.4. The van der Waals surface area contributed by atoms with Gasteiger partial charge < -0.3 is 4.90 Å². The molecule has 0 aromatic carbocycles. The van der Waals surface area contributed by atoms with Crippen LogP contribution in [-0.4, -0.2) is 54.6 Å². The second-order valence-electron chi connectivity index (χ2n) is 3.85. The fraction of sp³-hybridized carbons (Fsp3) is 0.500. The van der Waals surface area contributed by atoms with Crippen LogP contribution in [0.1, 0.15) is 0 Å². The van der Waals surface area contributed by atoms with Crippen molar-refractivity contribution in [3.8, 4) is 6.07 Å². The second kappa shape index (κ2) is 5.29. The van der Waals surface area contributed by atoms with Crippen LogP contribution >= 0.6 is 0 Å². The highest BCUT2D eigenvalue weighted by Crippen LogP contribution is 2.12. The van der Waals surface area contributed by atoms with E-state index in [-0.39, 0.29) is 0 Å². The Morgan fingerprint density at radius 1 is 1.22 bits per heavy atom. The van der Waals surface area contributed by atoms with Crippen molar-refractivity contribution >= 4 is 16.0 Å². The molecule has 0 atom stereocenters. The average molecular weight is 267 g/mol. The number of aromatic nitrogens is 2. The number of rotatable bonds is 3. The van der Waals surface area contributed by atoms with Gasteiger partial charge in [-0.25, -0.2) is 18.4 Å². The van der Waals surface area contributed by atoms with Gasteiger partial charge in [-0.05, 0) is 6.07 Å². The molecule has 0 bridgehead atoms. The van der Waals surface area contributed by atoms with Gasteiger partial charge in [-0.15, -0.1) is 0 Å². The molecule has 0 unspecified atom stereocenters. The third-order valence-electron chi connectivity index (χ3n) is 2.71. The molecule has 1 aliphatic rings. The highest BCUT2D eigenvalue weighted by atomic mass is 32.2. The molecule has 0 saturated carbocycles. The zero-order valence-electron chi connectivity index (χ0n) is 9.73. The van der Waals surface area contributed by atoms with Gasteiger partial charge in [0.05, 0.1) is 6.07 Å². The number of sulfonamides is 1. The summed E-state index contributed by atoms with van der Waals surface area (Å²) < 4.78 is 24.7. The van der Waals surface area contributed by atoms with Crippen molar-refractivity contribution < 1.29 is 8.42 Å². The summed E-state index contributed by atoms with van der Waals surface area (Å²) in [5.41, 5.74) is 0. The number of piperazine rings is 1. The molecular weight excluding hydrogens is 254 g/mol. The number of hydrogen-bond donors (Lipinski definition) is 0. The topological polar surface area (TPSA) is 90.2 Å². The summed E-state index contributed by atoms with van der Waals surface area (Å²) in [5.74, 6) is 0.143. The predicted molar refractivity (Wildman–Crippen MR) is 65.2 cm³/mol. The first-order valence-electron chi connectivity index (χ1n) is 5.50. The van der Waals surface area contributed by atoms with E-state index in [0.717, 1.165) is 0 Å². The first-order chi connectivity index (χ1) is 8.63. The van der Waals surface area contributed by atoms with Gasteiger partial charge in [0, 0.05) is 38.6 Å². The summed E-state index contributed by atoms with van der Waals surface area (Å²) >= 11 is 0. The maximum atomic E-state index is 11.7. The molecule has 8 heteroatoms. The van der Waals surface area contributed by atoms with E-state index in [0.29, 0.717) is 32.1 Å². The fourth-order valence-electron chi connectivity index (χ4n) is 1.79. The Kier molecular flexibility index (Phi) is 3.74. The van der Waals surface area contributed by atoms with Crippen molar-refractivity contribution in [1.29, 1.82) is 5.26 Å². The Morgan fingerprint density at radius 3 is 2.39 bits per heavy atom. The minimum atomic E-state index is -3.43. The minimum absolute atomic E-state index is 0.363. The number of hydrogen-bond acceptors (Lipinski definition) is 6. The van der Waals surface area contributed by atoms with Crippen LogP contribution in [0, 0.1) is 11.3 Å². The molecule has 0 aliphatic carbocycles. The van der Waals surface area contributed by atoms with Crippen LogP contribution < -0.4 is 4.90 Å². The highest BCUT2D eigenvalue weighted by Gasteiger charge is 2.27. The van der Waals surface area contributed by atoms with Gasteiger partial charge in [0.15, 0.2) is 5.75 Å². The van der Waals surface area contributed by atoms with Crippen LogP contribution in [0.15, 0.2) is 18.5 Å². The van der Waals surface area contributed by atoms with Gasteiger partial charge in [-0.3, -0.25) is 0 Å². The van der Waals surface area contributed by atoms with Gasteiger partial charge in [-0.1, -0.05) is 0 Å². The summed E-state index contributed by atoms with van der Waals surface area (Å²) in [6.45, 7) is 1.80. The van der Waals surface area contributed by atoms with E-state index in [1.165, 1.54) is 4.31 Å². The fourth-order valence-corrected chi connectivity index (χ4v) is 2.86. The van der Waals surface area contributed by atoms with E-state index >= 15 is 0 Å². The molecule has 1 aromatic rings. The molecule has 0 N–H and O–H groups in total. The Labute approximate surface area is 106 Å². The molecule has 18 heavy (non-hydrogen) atoms. The largest absolute Gasteiger partial charge is 0.338 e. The van der Waals surface area contributed by atoms with Gasteiger partial charge >= 0.3 is 0 Å². The van der Waals surface area contributed by atoms with Crippen molar-refractivity contribution in [1.82, 2.24) is 14.3 Å². The molecule has 2 rings (SSSR count). The van der Waals surface area contributed by atoms with Crippen LogP contribution in [0.25, 0.3) is 0 Å². The summed E-state index contributed by atoms with van der Waals surface area (Å²) in [6, 6.07) is 3.41. The van der Waals surface area contributed by atoms with Crippen LogP contribution in [0.5, 0.6) is 0 Å². The second-order valence-corrected chi connectivity index (χ2v) is 5.82. The lowest BCUT2D eigenvalue weighted by Crippen LogP contribution is -2.49. The third kappa shape index (κ3) is 2.75. The zero-order valence-corrected chi connectivity index (χ0v) is 10.5. The molecule has 1 aliphatic heterocycles. The lowest BCUT2D eigenvalue weighted by molar-refractivity contribution is 0.384. The molecule has 1 saturated heterocycles. The van der Waals surface area contributed by atoms with E-state index in [1.807, 2.05) is 4.90 Å². The van der Waals surface area contributed by atoms with E-state index in [1.54, 1.807) is 24.5 Å². The van der Waals surface area contributed by atoms with Crippen molar-refractivity contribution in [2.45, 2.75) is 0 Å². The molecule has 2 heterocycles. The van der Waals surface area contributed by atoms with Crippen LogP contribution in [0.4, 0.5) is 5.95 Å². The first kappa shape index (κ1) is 12.7. The van der Waals surface area contributed by atoms with E-state index in [2.05, 4.69) is 9.97 Å². The van der Waals surface area contributed by atoms with Crippen LogP contribution in [0.2, 0.25) is 0 Å². The molecule has 0 spiro atoms. The minimum Gasteiger partial charge on any atom is -0.338 e. The van der Waals surface area contributed by atoms with Crippen LogP contribution in [-0.2, 0) is 10.0 Å².